The average molecular weight is 294 g/mol. The second-order valence-electron chi connectivity index (χ2n) is 6.69. The van der Waals surface area contributed by atoms with E-state index >= 15 is 0 Å². The molecule has 2 rings (SSSR count). The van der Waals surface area contributed by atoms with Crippen molar-refractivity contribution in [3.63, 3.8) is 0 Å². The summed E-state index contributed by atoms with van der Waals surface area (Å²) in [5.74, 6) is -0.135. The summed E-state index contributed by atoms with van der Waals surface area (Å²) >= 11 is 0. The minimum atomic E-state index is -0.135. The highest BCUT2D eigenvalue weighted by Crippen LogP contribution is 2.26. The number of benzene rings is 1. The van der Waals surface area contributed by atoms with Gasteiger partial charge in [0, 0.05) is 36.4 Å². The molecule has 1 saturated heterocycles. The first-order chi connectivity index (χ1) is 9.90. The molecule has 0 spiro atoms. The largest absolute Gasteiger partial charge is 0.375 e. The minimum Gasteiger partial charge on any atom is -0.375 e. The second-order valence-corrected chi connectivity index (χ2v) is 6.69. The third-order valence-corrected chi connectivity index (χ3v) is 3.82. The third kappa shape index (κ3) is 4.42. The van der Waals surface area contributed by atoms with Gasteiger partial charge in [0.25, 0.3) is 0 Å². The SMILES string of the molecule is CCC1CN(c2cccc(F)c2CNC(C)(C)C)CCO1. The van der Waals surface area contributed by atoms with E-state index in [2.05, 4.69) is 37.9 Å². The molecule has 118 valence electrons. The molecule has 1 heterocycles. The van der Waals surface area contributed by atoms with E-state index in [9.17, 15) is 4.39 Å². The molecule has 0 aromatic heterocycles. The Morgan fingerprint density at radius 2 is 2.14 bits per heavy atom. The lowest BCUT2D eigenvalue weighted by atomic mass is 10.1. The fourth-order valence-electron chi connectivity index (χ4n) is 2.56. The molecule has 21 heavy (non-hydrogen) atoms. The fourth-order valence-corrected chi connectivity index (χ4v) is 2.56. The van der Waals surface area contributed by atoms with E-state index in [4.69, 9.17) is 4.74 Å². The first-order valence-electron chi connectivity index (χ1n) is 7.79. The molecular formula is C17H27FN2O. The summed E-state index contributed by atoms with van der Waals surface area (Å²) in [5, 5.41) is 3.39. The molecule has 3 nitrogen and oxygen atoms in total. The summed E-state index contributed by atoms with van der Waals surface area (Å²) in [7, 11) is 0. The zero-order chi connectivity index (χ0) is 15.5. The highest BCUT2D eigenvalue weighted by atomic mass is 19.1. The van der Waals surface area contributed by atoms with E-state index in [1.165, 1.54) is 0 Å². The van der Waals surface area contributed by atoms with Crippen molar-refractivity contribution in [3.8, 4) is 0 Å². The van der Waals surface area contributed by atoms with Crippen molar-refractivity contribution in [2.24, 2.45) is 0 Å². The zero-order valence-corrected chi connectivity index (χ0v) is 13.6. The van der Waals surface area contributed by atoms with Crippen molar-refractivity contribution in [3.05, 3.63) is 29.6 Å². The van der Waals surface area contributed by atoms with E-state index in [0.717, 1.165) is 30.8 Å². The van der Waals surface area contributed by atoms with E-state index in [1.54, 1.807) is 12.1 Å². The van der Waals surface area contributed by atoms with Crippen LogP contribution in [0.15, 0.2) is 18.2 Å². The highest BCUT2D eigenvalue weighted by molar-refractivity contribution is 5.54. The van der Waals surface area contributed by atoms with Crippen LogP contribution in [0, 0.1) is 5.82 Å². The number of halogens is 1. The summed E-state index contributed by atoms with van der Waals surface area (Å²) in [4.78, 5) is 2.25. The zero-order valence-electron chi connectivity index (χ0n) is 13.6. The molecule has 0 bridgehead atoms. The van der Waals surface area contributed by atoms with E-state index in [-0.39, 0.29) is 17.5 Å². The summed E-state index contributed by atoms with van der Waals surface area (Å²) in [5.41, 5.74) is 1.72. The highest BCUT2D eigenvalue weighted by Gasteiger charge is 2.23. The molecule has 1 aromatic rings. The van der Waals surface area contributed by atoms with Gasteiger partial charge >= 0.3 is 0 Å². The molecule has 1 N–H and O–H groups in total. The Kier molecular flexibility index (Phi) is 5.22. The van der Waals surface area contributed by atoms with E-state index in [0.29, 0.717) is 13.2 Å². The van der Waals surface area contributed by atoms with Crippen LogP contribution in [0.3, 0.4) is 0 Å². The first-order valence-corrected chi connectivity index (χ1v) is 7.79. The average Bonchev–Trinajstić information content (AvgIpc) is 2.45. The predicted octanol–water partition coefficient (Wildman–Crippen LogP) is 3.33. The molecule has 1 atom stereocenters. The maximum atomic E-state index is 14.3. The van der Waals surface area contributed by atoms with Crippen LogP contribution in [0.4, 0.5) is 10.1 Å². The minimum absolute atomic E-state index is 0.0312. The van der Waals surface area contributed by atoms with Crippen LogP contribution in [0.2, 0.25) is 0 Å². The lowest BCUT2D eigenvalue weighted by Crippen LogP contribution is -2.43. The van der Waals surface area contributed by atoms with Gasteiger partial charge in [0.05, 0.1) is 12.7 Å². The van der Waals surface area contributed by atoms with Crippen LogP contribution < -0.4 is 10.2 Å². The topological polar surface area (TPSA) is 24.5 Å². The number of morpholine rings is 1. The van der Waals surface area contributed by atoms with Crippen molar-refractivity contribution in [2.75, 3.05) is 24.6 Å². The molecule has 1 fully saturated rings. The van der Waals surface area contributed by atoms with Crippen LogP contribution in [-0.2, 0) is 11.3 Å². The van der Waals surface area contributed by atoms with Crippen LogP contribution in [0.5, 0.6) is 0 Å². The van der Waals surface area contributed by atoms with Crippen molar-refractivity contribution in [1.82, 2.24) is 5.32 Å². The maximum Gasteiger partial charge on any atom is 0.129 e. The molecule has 1 unspecified atom stereocenters. The van der Waals surface area contributed by atoms with Gasteiger partial charge in [0.2, 0.25) is 0 Å². The molecule has 0 radical (unpaired) electrons. The molecule has 1 aliphatic rings. The predicted molar refractivity (Wildman–Crippen MR) is 85.2 cm³/mol. The number of hydrogen-bond donors (Lipinski definition) is 1. The monoisotopic (exact) mass is 294 g/mol. The summed E-state index contributed by atoms with van der Waals surface area (Å²) < 4.78 is 20.0. The van der Waals surface area contributed by atoms with Gasteiger partial charge in [-0.2, -0.15) is 0 Å². The van der Waals surface area contributed by atoms with E-state index in [1.807, 2.05) is 6.07 Å². The van der Waals surface area contributed by atoms with Crippen molar-refractivity contribution >= 4 is 5.69 Å². The Bertz CT molecular complexity index is 470. The Balaban J connectivity index is 2.20. The number of nitrogens with one attached hydrogen (secondary N) is 1. The quantitative estimate of drug-likeness (QED) is 0.922. The molecular weight excluding hydrogens is 267 g/mol. The van der Waals surface area contributed by atoms with Gasteiger partial charge < -0.3 is 15.0 Å². The van der Waals surface area contributed by atoms with Crippen LogP contribution in [0.1, 0.15) is 39.7 Å². The number of hydrogen-bond acceptors (Lipinski definition) is 3. The standard InChI is InChI=1S/C17H27FN2O/c1-5-13-12-20(9-10-21-13)16-8-6-7-15(18)14(16)11-19-17(2,3)4/h6-8,13,19H,5,9-12H2,1-4H3. The molecule has 1 aliphatic heterocycles. The third-order valence-electron chi connectivity index (χ3n) is 3.82. The summed E-state index contributed by atoms with van der Waals surface area (Å²) in [6, 6.07) is 5.35. The van der Waals surface area contributed by atoms with Gasteiger partial charge in [-0.3, -0.25) is 0 Å². The second kappa shape index (κ2) is 6.75. The molecule has 0 amide bonds. The van der Waals surface area contributed by atoms with Gasteiger partial charge in [-0.05, 0) is 39.3 Å². The lowest BCUT2D eigenvalue weighted by Gasteiger charge is -2.35. The lowest BCUT2D eigenvalue weighted by molar-refractivity contribution is 0.0383. The van der Waals surface area contributed by atoms with Gasteiger partial charge in [0.1, 0.15) is 5.82 Å². The van der Waals surface area contributed by atoms with Gasteiger partial charge in [0.15, 0.2) is 0 Å². The van der Waals surface area contributed by atoms with Gasteiger partial charge in [-0.15, -0.1) is 0 Å². The smallest absolute Gasteiger partial charge is 0.129 e. The Morgan fingerprint density at radius 3 is 2.81 bits per heavy atom. The Labute approximate surface area is 127 Å². The molecule has 0 aliphatic carbocycles. The van der Waals surface area contributed by atoms with Crippen molar-refractivity contribution < 1.29 is 9.13 Å². The van der Waals surface area contributed by atoms with Crippen LogP contribution >= 0.6 is 0 Å². The molecule has 4 heteroatoms. The van der Waals surface area contributed by atoms with Crippen LogP contribution in [-0.4, -0.2) is 31.3 Å². The van der Waals surface area contributed by atoms with Crippen LogP contribution in [0.25, 0.3) is 0 Å². The van der Waals surface area contributed by atoms with Gasteiger partial charge in [-0.25, -0.2) is 4.39 Å². The molecule has 0 saturated carbocycles. The Hall–Kier alpha value is -1.13. The van der Waals surface area contributed by atoms with E-state index < -0.39 is 0 Å². The Morgan fingerprint density at radius 1 is 1.38 bits per heavy atom. The van der Waals surface area contributed by atoms with Crippen molar-refractivity contribution in [2.45, 2.75) is 52.3 Å². The van der Waals surface area contributed by atoms with Crippen molar-refractivity contribution in [1.29, 1.82) is 0 Å². The number of ether oxygens (including phenoxy) is 1. The summed E-state index contributed by atoms with van der Waals surface area (Å²) in [6.45, 7) is 11.3. The van der Waals surface area contributed by atoms with Gasteiger partial charge in [-0.1, -0.05) is 13.0 Å². The number of nitrogens with zero attached hydrogens (tertiary/aromatic N) is 1. The maximum absolute atomic E-state index is 14.3. The fraction of sp³-hybridized carbons (Fsp3) is 0.647. The number of rotatable bonds is 4. The normalized spacial score (nSPS) is 19.9. The number of anilines is 1. The molecule has 1 aromatic carbocycles. The summed E-state index contributed by atoms with van der Waals surface area (Å²) in [6.07, 6.45) is 1.23. The first kappa shape index (κ1) is 16.2.